The van der Waals surface area contributed by atoms with Crippen molar-refractivity contribution < 1.29 is 9.53 Å². The number of hydrogen-bond donors (Lipinski definition) is 0. The van der Waals surface area contributed by atoms with E-state index in [9.17, 15) is 4.79 Å². The van der Waals surface area contributed by atoms with Crippen LogP contribution < -0.4 is 0 Å². The summed E-state index contributed by atoms with van der Waals surface area (Å²) in [5.41, 5.74) is 4.11. The minimum atomic E-state index is -0.303. The van der Waals surface area contributed by atoms with E-state index in [0.717, 1.165) is 10.2 Å². The van der Waals surface area contributed by atoms with Crippen LogP contribution in [0.4, 0.5) is 0 Å². The lowest BCUT2D eigenvalue weighted by molar-refractivity contribution is 0.0526. The maximum atomic E-state index is 11.4. The van der Waals surface area contributed by atoms with Gasteiger partial charge in [0.05, 0.1) is 22.4 Å². The molecular weight excluding hydrogens is 198 g/mol. The lowest BCUT2D eigenvalue weighted by Gasteiger charge is -2.00. The van der Waals surface area contributed by atoms with Crippen LogP contribution in [-0.4, -0.2) is 17.6 Å². The van der Waals surface area contributed by atoms with Crippen LogP contribution in [0.15, 0.2) is 18.2 Å². The summed E-state index contributed by atoms with van der Waals surface area (Å²) >= 11 is 1.43. The van der Waals surface area contributed by atoms with E-state index < -0.39 is 0 Å². The minimum Gasteiger partial charge on any atom is -0.462 e. The Morgan fingerprint density at radius 2 is 2.50 bits per heavy atom. The molecule has 0 atom stereocenters. The second-order valence-electron chi connectivity index (χ2n) is 2.71. The molecule has 0 spiro atoms. The molecule has 1 radical (unpaired) electrons. The van der Waals surface area contributed by atoms with Gasteiger partial charge in [0.25, 0.3) is 0 Å². The number of nitrogens with zero attached hydrogens (tertiary/aromatic N) is 1. The predicted octanol–water partition coefficient (Wildman–Crippen LogP) is 2.27. The second-order valence-corrected chi connectivity index (χ2v) is 3.53. The van der Waals surface area contributed by atoms with Crippen molar-refractivity contribution in [3.63, 3.8) is 0 Å². The number of hydrogen-bond acceptors (Lipinski definition) is 4. The fourth-order valence-corrected chi connectivity index (χ4v) is 1.74. The Hall–Kier alpha value is -1.42. The molecule has 71 valence electrons. The second kappa shape index (κ2) is 3.75. The molecule has 1 aromatic heterocycles. The fraction of sp³-hybridized carbons (Fsp3) is 0.200. The number of carbonyl (C=O) groups is 1. The van der Waals surface area contributed by atoms with Gasteiger partial charge in [-0.1, -0.05) is 0 Å². The summed E-state index contributed by atoms with van der Waals surface area (Å²) in [6.45, 7) is 2.17. The summed E-state index contributed by atoms with van der Waals surface area (Å²) in [7, 11) is 0. The average molecular weight is 206 g/mol. The minimum absolute atomic E-state index is 0.303. The number of carbonyl (C=O) groups excluding carboxylic acids is 1. The van der Waals surface area contributed by atoms with Crippen molar-refractivity contribution in [1.29, 1.82) is 0 Å². The number of esters is 1. The van der Waals surface area contributed by atoms with E-state index in [-0.39, 0.29) is 5.97 Å². The van der Waals surface area contributed by atoms with Gasteiger partial charge in [-0.15, -0.1) is 11.3 Å². The zero-order valence-corrected chi connectivity index (χ0v) is 8.43. The topological polar surface area (TPSA) is 39.2 Å². The molecule has 0 bridgehead atoms. The molecule has 0 aliphatic carbocycles. The molecule has 1 aromatic carbocycles. The third-order valence-corrected chi connectivity index (χ3v) is 2.54. The molecule has 2 rings (SSSR count). The molecule has 0 N–H and O–H groups in total. The summed E-state index contributed by atoms with van der Waals surface area (Å²) in [4.78, 5) is 15.4. The van der Waals surface area contributed by atoms with Gasteiger partial charge in [-0.3, -0.25) is 0 Å². The standard InChI is InChI=1S/C10H8NO2S/c1-2-13-10(12)7-3-4-9-8(5-7)11-6-14-9/h3-5H,2H2,1H3. The van der Waals surface area contributed by atoms with E-state index in [2.05, 4.69) is 10.5 Å². The molecular formula is C10H8NO2S. The van der Waals surface area contributed by atoms with Gasteiger partial charge in [-0.05, 0) is 25.1 Å². The van der Waals surface area contributed by atoms with E-state index in [1.54, 1.807) is 19.1 Å². The number of thiazole rings is 1. The van der Waals surface area contributed by atoms with Crippen LogP contribution >= 0.6 is 11.3 Å². The van der Waals surface area contributed by atoms with Crippen molar-refractivity contribution in [2.24, 2.45) is 0 Å². The van der Waals surface area contributed by atoms with Gasteiger partial charge < -0.3 is 4.74 Å². The lowest BCUT2D eigenvalue weighted by atomic mass is 10.2. The molecule has 14 heavy (non-hydrogen) atoms. The van der Waals surface area contributed by atoms with Gasteiger partial charge in [0.2, 0.25) is 0 Å². The number of ether oxygens (including phenoxy) is 1. The van der Waals surface area contributed by atoms with Crippen molar-refractivity contribution in [2.75, 3.05) is 6.61 Å². The highest BCUT2D eigenvalue weighted by molar-refractivity contribution is 7.16. The molecule has 0 saturated carbocycles. The van der Waals surface area contributed by atoms with Crippen molar-refractivity contribution in [3.8, 4) is 0 Å². The molecule has 0 saturated heterocycles. The first-order valence-corrected chi connectivity index (χ1v) is 5.06. The van der Waals surface area contributed by atoms with Gasteiger partial charge in [0.15, 0.2) is 5.51 Å². The Labute approximate surface area is 85.3 Å². The highest BCUT2D eigenvalue weighted by Gasteiger charge is 2.07. The highest BCUT2D eigenvalue weighted by atomic mass is 32.1. The average Bonchev–Trinajstić information content (AvgIpc) is 2.64. The van der Waals surface area contributed by atoms with Gasteiger partial charge in [0.1, 0.15) is 0 Å². The summed E-state index contributed by atoms with van der Waals surface area (Å²) in [6, 6.07) is 5.32. The molecule has 0 unspecified atom stereocenters. The SMILES string of the molecule is CCOC(=O)c1ccc2s[c]nc2c1. The number of rotatable bonds is 2. The fourth-order valence-electron chi connectivity index (χ4n) is 1.15. The molecule has 0 amide bonds. The summed E-state index contributed by atoms with van der Waals surface area (Å²) < 4.78 is 5.91. The van der Waals surface area contributed by atoms with Crippen LogP contribution in [0.5, 0.6) is 0 Å². The zero-order valence-electron chi connectivity index (χ0n) is 7.61. The molecule has 1 heterocycles. The zero-order chi connectivity index (χ0) is 9.97. The van der Waals surface area contributed by atoms with Gasteiger partial charge >= 0.3 is 5.97 Å². The monoisotopic (exact) mass is 206 g/mol. The summed E-state index contributed by atoms with van der Waals surface area (Å²) in [5.74, 6) is -0.303. The lowest BCUT2D eigenvalue weighted by Crippen LogP contribution is -2.03. The van der Waals surface area contributed by atoms with E-state index in [4.69, 9.17) is 4.74 Å². The third kappa shape index (κ3) is 1.61. The molecule has 0 aliphatic heterocycles. The quantitative estimate of drug-likeness (QED) is 0.707. The normalized spacial score (nSPS) is 10.4. The maximum Gasteiger partial charge on any atom is 0.338 e. The van der Waals surface area contributed by atoms with Gasteiger partial charge in [-0.2, -0.15) is 0 Å². The van der Waals surface area contributed by atoms with Crippen LogP contribution in [0.3, 0.4) is 0 Å². The van der Waals surface area contributed by atoms with E-state index in [1.807, 2.05) is 6.07 Å². The van der Waals surface area contributed by atoms with Crippen LogP contribution in [0, 0.1) is 5.51 Å². The van der Waals surface area contributed by atoms with E-state index in [0.29, 0.717) is 12.2 Å². The first-order chi connectivity index (χ1) is 6.81. The first-order valence-electron chi connectivity index (χ1n) is 4.25. The number of benzene rings is 1. The van der Waals surface area contributed by atoms with Crippen molar-refractivity contribution in [2.45, 2.75) is 6.92 Å². The maximum absolute atomic E-state index is 11.4. The van der Waals surface area contributed by atoms with Gasteiger partial charge in [0, 0.05) is 0 Å². The van der Waals surface area contributed by atoms with Crippen molar-refractivity contribution >= 4 is 27.5 Å². The Kier molecular flexibility index (Phi) is 2.45. The number of aromatic nitrogens is 1. The van der Waals surface area contributed by atoms with Crippen molar-refractivity contribution in [1.82, 2.24) is 4.98 Å². The third-order valence-electron chi connectivity index (χ3n) is 1.79. The molecule has 0 fully saturated rings. The van der Waals surface area contributed by atoms with Crippen LogP contribution in [0.2, 0.25) is 0 Å². The largest absolute Gasteiger partial charge is 0.462 e. The van der Waals surface area contributed by atoms with E-state index >= 15 is 0 Å². The highest BCUT2D eigenvalue weighted by Crippen LogP contribution is 2.18. The molecule has 2 aromatic rings. The molecule has 3 nitrogen and oxygen atoms in total. The van der Waals surface area contributed by atoms with Crippen molar-refractivity contribution in [3.05, 3.63) is 29.3 Å². The van der Waals surface area contributed by atoms with Crippen LogP contribution in [-0.2, 0) is 4.74 Å². The predicted molar refractivity (Wildman–Crippen MR) is 54.4 cm³/mol. The summed E-state index contributed by atoms with van der Waals surface area (Å²) in [6.07, 6.45) is 0. The number of fused-ring (bicyclic) bond motifs is 1. The summed E-state index contributed by atoms with van der Waals surface area (Å²) in [5, 5.41) is 0. The Morgan fingerprint density at radius 1 is 1.64 bits per heavy atom. The van der Waals surface area contributed by atoms with E-state index in [1.165, 1.54) is 11.3 Å². The van der Waals surface area contributed by atoms with Gasteiger partial charge in [-0.25, -0.2) is 9.78 Å². The van der Waals surface area contributed by atoms with Crippen LogP contribution in [0.1, 0.15) is 17.3 Å². The molecule has 4 heteroatoms. The molecule has 0 aliphatic rings. The van der Waals surface area contributed by atoms with Crippen LogP contribution in [0.25, 0.3) is 10.2 Å². The Morgan fingerprint density at radius 3 is 3.29 bits per heavy atom. The smallest absolute Gasteiger partial charge is 0.338 e. The Balaban J connectivity index is 2.38. The first kappa shape index (κ1) is 9.15. The Bertz CT molecular complexity index is 464.